The normalized spacial score (nSPS) is 11.0. The van der Waals surface area contributed by atoms with Crippen molar-refractivity contribution in [3.8, 4) is 0 Å². The number of hydrogen-bond acceptors (Lipinski definition) is 3. The molecule has 0 radical (unpaired) electrons. The van der Waals surface area contributed by atoms with Crippen LogP contribution >= 0.6 is 15.9 Å². The summed E-state index contributed by atoms with van der Waals surface area (Å²) in [5, 5.41) is 4.24. The summed E-state index contributed by atoms with van der Waals surface area (Å²) < 4.78 is 8.01. The van der Waals surface area contributed by atoms with Gasteiger partial charge in [-0.25, -0.2) is 0 Å². The third kappa shape index (κ3) is 2.39. The Hall–Kier alpha value is -1.36. The van der Waals surface area contributed by atoms with Crippen LogP contribution in [0.4, 0.5) is 0 Å². The van der Waals surface area contributed by atoms with E-state index in [-0.39, 0.29) is 5.78 Å². The minimum absolute atomic E-state index is 0.0373. The summed E-state index contributed by atoms with van der Waals surface area (Å²) in [5.74, 6) is 1.42. The molecule has 0 unspecified atom stereocenters. The maximum absolute atomic E-state index is 12.7. The molecular formula is C14H17BrN2O2. The van der Waals surface area contributed by atoms with Crippen molar-refractivity contribution in [2.75, 3.05) is 0 Å². The maximum atomic E-state index is 12.7. The molecule has 2 rings (SSSR count). The fourth-order valence-electron chi connectivity index (χ4n) is 2.22. The molecule has 2 aromatic heterocycles. The van der Waals surface area contributed by atoms with Gasteiger partial charge in [-0.2, -0.15) is 5.10 Å². The van der Waals surface area contributed by atoms with Crippen LogP contribution in [0.1, 0.15) is 46.5 Å². The van der Waals surface area contributed by atoms with Gasteiger partial charge in [0.2, 0.25) is 5.78 Å². The first-order valence-electron chi connectivity index (χ1n) is 6.30. The summed E-state index contributed by atoms with van der Waals surface area (Å²) >= 11 is 3.41. The molecule has 0 aliphatic carbocycles. The molecule has 19 heavy (non-hydrogen) atoms. The molecule has 102 valence electrons. The first kappa shape index (κ1) is 14.1. The van der Waals surface area contributed by atoms with E-state index < -0.39 is 0 Å². The molecule has 0 saturated carbocycles. The molecule has 0 atom stereocenters. The van der Waals surface area contributed by atoms with E-state index in [1.54, 1.807) is 10.9 Å². The Morgan fingerprint density at radius 2 is 2.05 bits per heavy atom. The largest absolute Gasteiger partial charge is 0.466 e. The molecule has 0 aliphatic heterocycles. The quantitative estimate of drug-likeness (QED) is 0.803. The Morgan fingerprint density at radius 1 is 1.37 bits per heavy atom. The average Bonchev–Trinajstić information content (AvgIpc) is 2.81. The van der Waals surface area contributed by atoms with Crippen molar-refractivity contribution >= 4 is 21.7 Å². The van der Waals surface area contributed by atoms with Crippen LogP contribution in [0.5, 0.6) is 0 Å². The molecule has 0 saturated heterocycles. The molecule has 4 nitrogen and oxygen atoms in total. The molecule has 5 heteroatoms. The predicted molar refractivity (Wildman–Crippen MR) is 76.6 cm³/mol. The Morgan fingerprint density at radius 3 is 2.58 bits per heavy atom. The van der Waals surface area contributed by atoms with Gasteiger partial charge in [0.05, 0.1) is 16.2 Å². The summed E-state index contributed by atoms with van der Waals surface area (Å²) in [5.41, 5.74) is 2.14. The van der Waals surface area contributed by atoms with Crippen LogP contribution in [0.25, 0.3) is 0 Å². The second kappa shape index (κ2) is 5.33. The number of aryl methyl sites for hydroxylation is 3. The Labute approximate surface area is 120 Å². The Bertz CT molecular complexity index is 626. The highest BCUT2D eigenvalue weighted by Crippen LogP contribution is 2.27. The van der Waals surface area contributed by atoms with Crippen LogP contribution in [-0.4, -0.2) is 15.6 Å². The minimum Gasteiger partial charge on any atom is -0.466 e. The first-order chi connectivity index (χ1) is 8.97. The number of carbonyl (C=O) groups excluding carboxylic acids is 1. The van der Waals surface area contributed by atoms with Crippen molar-refractivity contribution in [2.24, 2.45) is 0 Å². The van der Waals surface area contributed by atoms with E-state index >= 15 is 0 Å². The van der Waals surface area contributed by atoms with Crippen LogP contribution in [0.3, 0.4) is 0 Å². The van der Waals surface area contributed by atoms with Gasteiger partial charge in [0.15, 0.2) is 0 Å². The van der Waals surface area contributed by atoms with Crippen LogP contribution < -0.4 is 0 Å². The SMILES string of the molecule is CCCn1ncc(Br)c1C(=O)c1c(C)oc(C)c1C. The van der Waals surface area contributed by atoms with E-state index in [2.05, 4.69) is 28.0 Å². The van der Waals surface area contributed by atoms with Crippen molar-refractivity contribution in [1.29, 1.82) is 0 Å². The maximum Gasteiger partial charge on any atom is 0.215 e. The van der Waals surface area contributed by atoms with Crippen LogP contribution in [0.15, 0.2) is 15.1 Å². The van der Waals surface area contributed by atoms with Gasteiger partial charge in [0.25, 0.3) is 0 Å². The van der Waals surface area contributed by atoms with E-state index in [1.807, 2.05) is 20.8 Å². The predicted octanol–water partition coefficient (Wildman–Crippen LogP) is 3.80. The summed E-state index contributed by atoms with van der Waals surface area (Å²) in [4.78, 5) is 12.7. The number of hydrogen-bond donors (Lipinski definition) is 0. The smallest absolute Gasteiger partial charge is 0.215 e. The number of carbonyl (C=O) groups is 1. The van der Waals surface area contributed by atoms with Crippen LogP contribution in [0.2, 0.25) is 0 Å². The summed E-state index contributed by atoms with van der Waals surface area (Å²) in [6, 6.07) is 0. The number of furan rings is 1. The van der Waals surface area contributed by atoms with Crippen molar-refractivity contribution in [2.45, 2.75) is 40.7 Å². The van der Waals surface area contributed by atoms with Gasteiger partial charge < -0.3 is 4.42 Å². The van der Waals surface area contributed by atoms with E-state index in [0.717, 1.165) is 28.8 Å². The molecule has 0 aromatic carbocycles. The zero-order valence-corrected chi connectivity index (χ0v) is 13.2. The minimum atomic E-state index is -0.0373. The third-order valence-corrected chi connectivity index (χ3v) is 3.81. The molecule has 0 amide bonds. The van der Waals surface area contributed by atoms with E-state index in [1.165, 1.54) is 0 Å². The van der Waals surface area contributed by atoms with Gasteiger partial charge in [0, 0.05) is 12.1 Å². The molecule has 2 heterocycles. The third-order valence-electron chi connectivity index (χ3n) is 3.23. The molecule has 0 bridgehead atoms. The number of aromatic nitrogens is 2. The highest BCUT2D eigenvalue weighted by Gasteiger charge is 2.25. The first-order valence-corrected chi connectivity index (χ1v) is 7.09. The lowest BCUT2D eigenvalue weighted by Gasteiger charge is -2.06. The van der Waals surface area contributed by atoms with E-state index in [4.69, 9.17) is 4.42 Å². The van der Waals surface area contributed by atoms with Gasteiger partial charge in [-0.05, 0) is 43.1 Å². The second-order valence-corrected chi connectivity index (χ2v) is 5.46. The molecule has 0 fully saturated rings. The fourth-order valence-corrected chi connectivity index (χ4v) is 2.69. The molecular weight excluding hydrogens is 308 g/mol. The Kier molecular flexibility index (Phi) is 3.94. The van der Waals surface area contributed by atoms with Gasteiger partial charge in [-0.15, -0.1) is 0 Å². The zero-order valence-electron chi connectivity index (χ0n) is 11.6. The molecule has 0 spiro atoms. The topological polar surface area (TPSA) is 48.0 Å². The Balaban J connectivity index is 2.53. The molecule has 0 aliphatic rings. The van der Waals surface area contributed by atoms with E-state index in [0.29, 0.717) is 17.0 Å². The summed E-state index contributed by atoms with van der Waals surface area (Å²) in [6.45, 7) is 8.39. The fraction of sp³-hybridized carbons (Fsp3) is 0.429. The highest BCUT2D eigenvalue weighted by atomic mass is 79.9. The number of ketones is 1. The van der Waals surface area contributed by atoms with Crippen LogP contribution in [-0.2, 0) is 6.54 Å². The lowest BCUT2D eigenvalue weighted by molar-refractivity contribution is 0.102. The number of nitrogens with zero attached hydrogens (tertiary/aromatic N) is 2. The van der Waals surface area contributed by atoms with Gasteiger partial charge in [-0.3, -0.25) is 9.48 Å². The standard InChI is InChI=1S/C14H17BrN2O2/c1-5-6-17-13(11(15)7-16-17)14(18)12-8(2)9(3)19-10(12)4/h7H,5-6H2,1-4H3. The number of halogens is 1. The lowest BCUT2D eigenvalue weighted by Crippen LogP contribution is -2.13. The van der Waals surface area contributed by atoms with E-state index in [9.17, 15) is 4.79 Å². The molecule has 0 N–H and O–H groups in total. The van der Waals surface area contributed by atoms with Crippen molar-refractivity contribution in [3.05, 3.63) is 39.0 Å². The van der Waals surface area contributed by atoms with Crippen molar-refractivity contribution < 1.29 is 9.21 Å². The van der Waals surface area contributed by atoms with Gasteiger partial charge >= 0.3 is 0 Å². The number of rotatable bonds is 4. The lowest BCUT2D eigenvalue weighted by atomic mass is 10.0. The van der Waals surface area contributed by atoms with Crippen molar-refractivity contribution in [3.63, 3.8) is 0 Å². The summed E-state index contributed by atoms with van der Waals surface area (Å²) in [7, 11) is 0. The summed E-state index contributed by atoms with van der Waals surface area (Å²) in [6.07, 6.45) is 2.59. The highest BCUT2D eigenvalue weighted by molar-refractivity contribution is 9.10. The molecule has 2 aromatic rings. The van der Waals surface area contributed by atoms with Crippen molar-refractivity contribution in [1.82, 2.24) is 9.78 Å². The average molecular weight is 325 g/mol. The second-order valence-electron chi connectivity index (χ2n) is 4.61. The monoisotopic (exact) mass is 324 g/mol. The van der Waals surface area contributed by atoms with Gasteiger partial charge in [-0.1, -0.05) is 6.92 Å². The zero-order chi connectivity index (χ0) is 14.2. The van der Waals surface area contributed by atoms with Gasteiger partial charge in [0.1, 0.15) is 17.2 Å². The van der Waals surface area contributed by atoms with Crippen LogP contribution in [0, 0.1) is 20.8 Å².